The van der Waals surface area contributed by atoms with E-state index in [1.54, 1.807) is 0 Å². The summed E-state index contributed by atoms with van der Waals surface area (Å²) >= 11 is 0. The van der Waals surface area contributed by atoms with Crippen LogP contribution in [0, 0.1) is 0 Å². The fraction of sp³-hybridized carbons (Fsp3) is 0.167. The first-order valence-electron chi connectivity index (χ1n) is 6.25. The molecule has 12 heteroatoms. The van der Waals surface area contributed by atoms with Gasteiger partial charge in [-0.1, -0.05) is 22.6 Å². The molecule has 0 aliphatic carbocycles. The van der Waals surface area contributed by atoms with Crippen LogP contribution in [0.4, 0.5) is 26.3 Å². The number of alkyl halides is 6. The van der Waals surface area contributed by atoms with Gasteiger partial charge in [0.2, 0.25) is 0 Å². The molecule has 0 fully saturated rings. The Morgan fingerprint density at radius 1 is 0.667 bits per heavy atom. The minimum atomic E-state index is -4.69. The molecule has 0 atom stereocenters. The Kier molecular flexibility index (Phi) is 3.53. The quantitative estimate of drug-likeness (QED) is 0.668. The zero-order chi connectivity index (χ0) is 17.5. The lowest BCUT2D eigenvalue weighted by Crippen LogP contribution is -2.06. The van der Waals surface area contributed by atoms with Gasteiger partial charge in [-0.2, -0.15) is 26.3 Å². The molecule has 0 saturated heterocycles. The summed E-state index contributed by atoms with van der Waals surface area (Å²) in [6, 6.07) is 5.68. The van der Waals surface area contributed by atoms with E-state index in [1.165, 1.54) is 24.3 Å². The van der Waals surface area contributed by atoms with Crippen LogP contribution >= 0.6 is 0 Å². The number of benzene rings is 1. The number of aromatic nitrogens is 6. The van der Waals surface area contributed by atoms with Gasteiger partial charge in [0.05, 0.1) is 23.8 Å². The van der Waals surface area contributed by atoms with Crippen LogP contribution in [0.3, 0.4) is 0 Å². The highest BCUT2D eigenvalue weighted by Crippen LogP contribution is 2.29. The van der Waals surface area contributed by atoms with E-state index in [0.29, 0.717) is 12.4 Å². The van der Waals surface area contributed by atoms with Gasteiger partial charge in [0.15, 0.2) is 11.4 Å². The van der Waals surface area contributed by atoms with E-state index in [4.69, 9.17) is 0 Å². The van der Waals surface area contributed by atoms with Crippen molar-refractivity contribution in [1.29, 1.82) is 0 Å². The number of para-hydroxylation sites is 2. The van der Waals surface area contributed by atoms with Crippen molar-refractivity contribution in [2.75, 3.05) is 0 Å². The monoisotopic (exact) mass is 348 g/mol. The number of halogens is 6. The predicted molar refractivity (Wildman–Crippen MR) is 66.3 cm³/mol. The summed E-state index contributed by atoms with van der Waals surface area (Å²) in [4.78, 5) is 0. The zero-order valence-corrected chi connectivity index (χ0v) is 11.4. The summed E-state index contributed by atoms with van der Waals surface area (Å²) in [7, 11) is 0. The summed E-state index contributed by atoms with van der Waals surface area (Å²) in [5.41, 5.74) is -2.35. The van der Waals surface area contributed by atoms with Crippen LogP contribution in [-0.2, 0) is 12.4 Å². The first-order valence-corrected chi connectivity index (χ1v) is 6.25. The van der Waals surface area contributed by atoms with Gasteiger partial charge < -0.3 is 0 Å². The number of nitrogens with zero attached hydrogens (tertiary/aromatic N) is 6. The predicted octanol–water partition coefficient (Wildman–Crippen LogP) is 2.89. The maximum atomic E-state index is 12.6. The Morgan fingerprint density at radius 2 is 1.04 bits per heavy atom. The Balaban J connectivity index is 2.06. The van der Waals surface area contributed by atoms with E-state index in [-0.39, 0.29) is 11.4 Å². The highest BCUT2D eigenvalue weighted by molar-refractivity contribution is 5.51. The molecule has 0 saturated carbocycles. The van der Waals surface area contributed by atoms with Gasteiger partial charge in [-0.15, -0.1) is 10.2 Å². The summed E-state index contributed by atoms with van der Waals surface area (Å²) in [5.74, 6) is 0. The minimum Gasteiger partial charge on any atom is -0.218 e. The van der Waals surface area contributed by atoms with Crippen LogP contribution < -0.4 is 0 Å². The summed E-state index contributed by atoms with van der Waals surface area (Å²) < 4.78 is 77.2. The molecule has 0 unspecified atom stereocenters. The van der Waals surface area contributed by atoms with Crippen molar-refractivity contribution in [3.05, 3.63) is 48.0 Å². The van der Waals surface area contributed by atoms with Crippen LogP contribution in [-0.4, -0.2) is 30.0 Å². The Hall–Kier alpha value is -2.92. The Bertz CT molecular complexity index is 790. The lowest BCUT2D eigenvalue weighted by molar-refractivity contribution is -0.142. The molecule has 3 rings (SSSR count). The second-order valence-corrected chi connectivity index (χ2v) is 4.58. The van der Waals surface area contributed by atoms with E-state index >= 15 is 0 Å². The third-order valence-corrected chi connectivity index (χ3v) is 2.94. The van der Waals surface area contributed by atoms with Gasteiger partial charge in [-0.25, -0.2) is 9.36 Å². The molecule has 1 aromatic carbocycles. The SMILES string of the molecule is FC(F)(F)c1cn(-c2ccccc2-n2cc(C(F)(F)F)nn2)nn1. The van der Waals surface area contributed by atoms with Crippen LogP contribution in [0.15, 0.2) is 36.7 Å². The number of rotatable bonds is 2. The fourth-order valence-electron chi connectivity index (χ4n) is 1.87. The highest BCUT2D eigenvalue weighted by Gasteiger charge is 2.36. The van der Waals surface area contributed by atoms with E-state index in [9.17, 15) is 26.3 Å². The van der Waals surface area contributed by atoms with Crippen LogP contribution in [0.5, 0.6) is 0 Å². The van der Waals surface area contributed by atoms with Crippen molar-refractivity contribution < 1.29 is 26.3 Å². The Labute approximate surface area is 129 Å². The standard InChI is InChI=1S/C12H6F6N6/c13-11(14,15)9-5-23(21-19-9)7-3-1-2-4-8(7)24-6-10(20-22-24)12(16,17)18/h1-6H. The number of hydrogen-bond acceptors (Lipinski definition) is 4. The molecule has 0 amide bonds. The first kappa shape index (κ1) is 16.0. The normalized spacial score (nSPS) is 12.6. The van der Waals surface area contributed by atoms with Crippen LogP contribution in [0.2, 0.25) is 0 Å². The number of hydrogen-bond donors (Lipinski definition) is 0. The van der Waals surface area contributed by atoms with Gasteiger partial charge in [-0.05, 0) is 12.1 Å². The maximum Gasteiger partial charge on any atom is 0.436 e. The van der Waals surface area contributed by atoms with Gasteiger partial charge in [0.25, 0.3) is 0 Å². The Morgan fingerprint density at radius 3 is 1.33 bits per heavy atom. The van der Waals surface area contributed by atoms with Gasteiger partial charge in [0.1, 0.15) is 0 Å². The van der Waals surface area contributed by atoms with Crippen molar-refractivity contribution in [3.63, 3.8) is 0 Å². The average Bonchev–Trinajstić information content (AvgIpc) is 3.16. The van der Waals surface area contributed by atoms with E-state index in [2.05, 4.69) is 20.6 Å². The van der Waals surface area contributed by atoms with E-state index in [0.717, 1.165) is 9.36 Å². The van der Waals surface area contributed by atoms with E-state index in [1.807, 2.05) is 0 Å². The summed E-state index contributed by atoms with van der Waals surface area (Å²) in [5, 5.41) is 12.7. The first-order chi connectivity index (χ1) is 11.2. The third-order valence-electron chi connectivity index (χ3n) is 2.94. The molecule has 0 bridgehead atoms. The van der Waals surface area contributed by atoms with Crippen molar-refractivity contribution >= 4 is 0 Å². The van der Waals surface area contributed by atoms with Crippen LogP contribution in [0.25, 0.3) is 11.4 Å². The highest BCUT2D eigenvalue weighted by atomic mass is 19.4. The molecular formula is C12H6F6N6. The maximum absolute atomic E-state index is 12.6. The molecule has 126 valence electrons. The van der Waals surface area contributed by atoms with Gasteiger partial charge in [-0.3, -0.25) is 0 Å². The molecule has 0 aliphatic rings. The summed E-state index contributed by atoms with van der Waals surface area (Å²) in [6.07, 6.45) is -8.13. The molecule has 3 aromatic rings. The second-order valence-electron chi connectivity index (χ2n) is 4.58. The molecular weight excluding hydrogens is 342 g/mol. The third kappa shape index (κ3) is 2.94. The lowest BCUT2D eigenvalue weighted by atomic mass is 10.2. The van der Waals surface area contributed by atoms with Crippen molar-refractivity contribution in [1.82, 2.24) is 30.0 Å². The molecule has 2 aromatic heterocycles. The fourth-order valence-corrected chi connectivity index (χ4v) is 1.87. The van der Waals surface area contributed by atoms with Crippen molar-refractivity contribution in [3.8, 4) is 11.4 Å². The van der Waals surface area contributed by atoms with Crippen molar-refractivity contribution in [2.24, 2.45) is 0 Å². The van der Waals surface area contributed by atoms with Crippen molar-refractivity contribution in [2.45, 2.75) is 12.4 Å². The smallest absolute Gasteiger partial charge is 0.218 e. The van der Waals surface area contributed by atoms with Gasteiger partial charge in [0, 0.05) is 0 Å². The molecule has 24 heavy (non-hydrogen) atoms. The average molecular weight is 348 g/mol. The summed E-state index contributed by atoms with van der Waals surface area (Å²) in [6.45, 7) is 0. The molecule has 0 N–H and O–H groups in total. The largest absolute Gasteiger partial charge is 0.436 e. The zero-order valence-electron chi connectivity index (χ0n) is 11.4. The second kappa shape index (κ2) is 5.32. The lowest BCUT2D eigenvalue weighted by Gasteiger charge is -2.08. The molecule has 0 spiro atoms. The van der Waals surface area contributed by atoms with E-state index < -0.39 is 23.7 Å². The molecule has 2 heterocycles. The van der Waals surface area contributed by atoms with Gasteiger partial charge >= 0.3 is 12.4 Å². The molecule has 6 nitrogen and oxygen atoms in total. The topological polar surface area (TPSA) is 61.4 Å². The minimum absolute atomic E-state index is 0.0547. The van der Waals surface area contributed by atoms with Crippen LogP contribution in [0.1, 0.15) is 11.4 Å². The molecule has 0 radical (unpaired) electrons. The molecule has 0 aliphatic heterocycles.